The van der Waals surface area contributed by atoms with Crippen molar-refractivity contribution in [2.24, 2.45) is 0 Å². The molecule has 0 spiro atoms. The number of benzene rings is 3. The molecule has 0 aromatic heterocycles. The predicted octanol–water partition coefficient (Wildman–Crippen LogP) is 5.32. The van der Waals surface area contributed by atoms with E-state index in [9.17, 15) is 8.42 Å². The zero-order valence-electron chi connectivity index (χ0n) is 14.0. The SMILES string of the molecule is Cc1ccc(S(=O)(=O)N[C@@H](c2ccc(Cl)cc2)c2ccccc2I)cc1. The summed E-state index contributed by atoms with van der Waals surface area (Å²) in [5, 5.41) is 0.608. The van der Waals surface area contributed by atoms with Crippen molar-refractivity contribution >= 4 is 44.2 Å². The summed E-state index contributed by atoms with van der Waals surface area (Å²) < 4.78 is 29.7. The van der Waals surface area contributed by atoms with Gasteiger partial charge in [-0.2, -0.15) is 4.72 Å². The molecule has 134 valence electrons. The van der Waals surface area contributed by atoms with Gasteiger partial charge in [-0.3, -0.25) is 0 Å². The van der Waals surface area contributed by atoms with Crippen molar-refractivity contribution in [3.05, 3.63) is 98.1 Å². The largest absolute Gasteiger partial charge is 0.241 e. The minimum Gasteiger partial charge on any atom is -0.207 e. The van der Waals surface area contributed by atoms with E-state index in [1.165, 1.54) is 0 Å². The minimum absolute atomic E-state index is 0.244. The Morgan fingerprint density at radius 3 is 2.15 bits per heavy atom. The average Bonchev–Trinajstić information content (AvgIpc) is 2.62. The van der Waals surface area contributed by atoms with Crippen LogP contribution in [0.4, 0.5) is 0 Å². The molecule has 26 heavy (non-hydrogen) atoms. The van der Waals surface area contributed by atoms with Crippen LogP contribution in [0.1, 0.15) is 22.7 Å². The van der Waals surface area contributed by atoms with Gasteiger partial charge in [0.25, 0.3) is 0 Å². The molecule has 0 unspecified atom stereocenters. The second-order valence-corrected chi connectivity index (χ2v) is 9.25. The summed E-state index contributed by atoms with van der Waals surface area (Å²) >= 11 is 8.22. The highest BCUT2D eigenvalue weighted by atomic mass is 127. The molecular weight excluding hydrogens is 481 g/mol. The predicted molar refractivity (Wildman–Crippen MR) is 114 cm³/mol. The molecule has 0 aliphatic carbocycles. The van der Waals surface area contributed by atoms with Gasteiger partial charge in [0.15, 0.2) is 0 Å². The second-order valence-electron chi connectivity index (χ2n) is 5.94. The zero-order valence-corrected chi connectivity index (χ0v) is 17.7. The van der Waals surface area contributed by atoms with Gasteiger partial charge >= 0.3 is 0 Å². The first-order valence-corrected chi connectivity index (χ1v) is 10.9. The molecule has 0 aliphatic rings. The standard InChI is InChI=1S/C20H17ClINO2S/c1-14-6-12-17(13-7-14)26(24,25)23-20(15-8-10-16(21)11-9-15)18-4-2-3-5-19(18)22/h2-13,20,23H,1H3/t20-/m0/s1. The van der Waals surface area contributed by atoms with E-state index >= 15 is 0 Å². The summed E-state index contributed by atoms with van der Waals surface area (Å²) in [6, 6.07) is 21.2. The Labute approximate surface area is 172 Å². The summed E-state index contributed by atoms with van der Waals surface area (Å²) in [6.07, 6.45) is 0. The van der Waals surface area contributed by atoms with Crippen LogP contribution in [0.3, 0.4) is 0 Å². The first-order valence-electron chi connectivity index (χ1n) is 7.96. The van der Waals surface area contributed by atoms with Crippen LogP contribution in [-0.4, -0.2) is 8.42 Å². The Balaban J connectivity index is 2.05. The molecule has 3 aromatic carbocycles. The quantitative estimate of drug-likeness (QED) is 0.485. The number of hydrogen-bond donors (Lipinski definition) is 1. The van der Waals surface area contributed by atoms with Gasteiger partial charge in [0.1, 0.15) is 0 Å². The van der Waals surface area contributed by atoms with Crippen molar-refractivity contribution in [2.75, 3.05) is 0 Å². The van der Waals surface area contributed by atoms with Crippen LogP contribution in [0.5, 0.6) is 0 Å². The van der Waals surface area contributed by atoms with Crippen LogP contribution in [0.2, 0.25) is 5.02 Å². The van der Waals surface area contributed by atoms with E-state index in [1.807, 2.05) is 43.3 Å². The number of nitrogens with one attached hydrogen (secondary N) is 1. The lowest BCUT2D eigenvalue weighted by Crippen LogP contribution is -2.30. The topological polar surface area (TPSA) is 46.2 Å². The Hall–Kier alpha value is -1.41. The summed E-state index contributed by atoms with van der Waals surface area (Å²) in [5.41, 5.74) is 2.73. The van der Waals surface area contributed by atoms with Crippen molar-refractivity contribution in [1.82, 2.24) is 4.72 Å². The third-order valence-corrected chi connectivity index (χ3v) is 6.70. The van der Waals surface area contributed by atoms with Gasteiger partial charge in [-0.05, 0) is 71.0 Å². The maximum Gasteiger partial charge on any atom is 0.241 e. The lowest BCUT2D eigenvalue weighted by molar-refractivity contribution is 0.572. The Bertz CT molecular complexity index is 1000. The van der Waals surface area contributed by atoms with E-state index in [0.29, 0.717) is 5.02 Å². The van der Waals surface area contributed by atoms with Gasteiger partial charge in [0.2, 0.25) is 10.0 Å². The Kier molecular flexibility index (Phi) is 6.02. The van der Waals surface area contributed by atoms with Crippen molar-refractivity contribution in [3.8, 4) is 0 Å². The molecule has 0 aliphatic heterocycles. The Morgan fingerprint density at radius 2 is 1.54 bits per heavy atom. The number of aryl methyl sites for hydroxylation is 1. The smallest absolute Gasteiger partial charge is 0.207 e. The maximum absolute atomic E-state index is 12.9. The fourth-order valence-electron chi connectivity index (χ4n) is 2.62. The van der Waals surface area contributed by atoms with Crippen LogP contribution in [0, 0.1) is 10.5 Å². The van der Waals surface area contributed by atoms with Crippen molar-refractivity contribution in [2.45, 2.75) is 17.9 Å². The molecule has 0 heterocycles. The van der Waals surface area contributed by atoms with Gasteiger partial charge in [-0.15, -0.1) is 0 Å². The molecule has 0 bridgehead atoms. The van der Waals surface area contributed by atoms with Gasteiger partial charge in [-0.1, -0.05) is 59.6 Å². The first-order chi connectivity index (χ1) is 12.4. The highest BCUT2D eigenvalue weighted by molar-refractivity contribution is 14.1. The third kappa shape index (κ3) is 4.46. The lowest BCUT2D eigenvalue weighted by Gasteiger charge is -2.21. The number of hydrogen-bond acceptors (Lipinski definition) is 2. The number of halogens is 2. The molecule has 1 N–H and O–H groups in total. The molecule has 3 rings (SSSR count). The molecule has 1 atom stereocenters. The van der Waals surface area contributed by atoms with E-state index in [1.54, 1.807) is 36.4 Å². The van der Waals surface area contributed by atoms with Gasteiger partial charge in [0.05, 0.1) is 10.9 Å². The van der Waals surface area contributed by atoms with Crippen LogP contribution in [0.25, 0.3) is 0 Å². The van der Waals surface area contributed by atoms with Gasteiger partial charge in [-0.25, -0.2) is 8.42 Å². The van der Waals surface area contributed by atoms with E-state index in [-0.39, 0.29) is 4.90 Å². The molecule has 3 nitrogen and oxygen atoms in total. The van der Waals surface area contributed by atoms with E-state index in [2.05, 4.69) is 27.3 Å². The van der Waals surface area contributed by atoms with E-state index in [0.717, 1.165) is 20.3 Å². The monoisotopic (exact) mass is 497 g/mol. The summed E-state index contributed by atoms with van der Waals surface area (Å²) in [7, 11) is -3.69. The van der Waals surface area contributed by atoms with Crippen LogP contribution in [-0.2, 0) is 10.0 Å². The second kappa shape index (κ2) is 8.08. The number of rotatable bonds is 5. The summed E-state index contributed by atoms with van der Waals surface area (Å²) in [6.45, 7) is 1.92. The molecule has 0 saturated heterocycles. The van der Waals surface area contributed by atoms with Crippen LogP contribution >= 0.6 is 34.2 Å². The fourth-order valence-corrected chi connectivity index (χ4v) is 4.64. The first kappa shape index (κ1) is 19.4. The summed E-state index contributed by atoms with van der Waals surface area (Å²) in [5.74, 6) is 0. The highest BCUT2D eigenvalue weighted by Gasteiger charge is 2.24. The minimum atomic E-state index is -3.69. The lowest BCUT2D eigenvalue weighted by atomic mass is 10.00. The molecule has 3 aromatic rings. The molecule has 0 saturated carbocycles. The van der Waals surface area contributed by atoms with Gasteiger partial charge in [0, 0.05) is 8.59 Å². The molecular formula is C20H17ClINO2S. The normalized spacial score (nSPS) is 12.7. The fraction of sp³-hybridized carbons (Fsp3) is 0.100. The molecule has 0 fully saturated rings. The third-order valence-electron chi connectivity index (χ3n) is 4.02. The van der Waals surface area contributed by atoms with E-state index < -0.39 is 16.1 Å². The Morgan fingerprint density at radius 1 is 0.923 bits per heavy atom. The molecule has 0 radical (unpaired) electrons. The molecule has 6 heteroatoms. The van der Waals surface area contributed by atoms with E-state index in [4.69, 9.17) is 11.6 Å². The molecule has 0 amide bonds. The van der Waals surface area contributed by atoms with Crippen LogP contribution in [0.15, 0.2) is 77.7 Å². The van der Waals surface area contributed by atoms with Crippen molar-refractivity contribution < 1.29 is 8.42 Å². The van der Waals surface area contributed by atoms with Gasteiger partial charge < -0.3 is 0 Å². The maximum atomic E-state index is 12.9. The highest BCUT2D eigenvalue weighted by Crippen LogP contribution is 2.29. The van der Waals surface area contributed by atoms with Crippen molar-refractivity contribution in [1.29, 1.82) is 0 Å². The van der Waals surface area contributed by atoms with Crippen molar-refractivity contribution in [3.63, 3.8) is 0 Å². The number of sulfonamides is 1. The average molecular weight is 498 g/mol. The van der Waals surface area contributed by atoms with Crippen LogP contribution < -0.4 is 4.72 Å². The summed E-state index contributed by atoms with van der Waals surface area (Å²) in [4.78, 5) is 0.244. The zero-order chi connectivity index (χ0) is 18.7.